The molecule has 2 atom stereocenters. The second kappa shape index (κ2) is 1.95. The predicted octanol–water partition coefficient (Wildman–Crippen LogP) is 0.538. The average molecular weight is 141 g/mol. The molecule has 56 valence electrons. The molecule has 2 aliphatic carbocycles. The van der Waals surface area contributed by atoms with Crippen LogP contribution in [-0.4, -0.2) is 11.1 Å². The van der Waals surface area contributed by atoms with Gasteiger partial charge in [-0.1, -0.05) is 6.42 Å². The van der Waals surface area contributed by atoms with Crippen molar-refractivity contribution in [2.75, 3.05) is 0 Å². The summed E-state index contributed by atoms with van der Waals surface area (Å²) in [7, 11) is 0. The normalized spacial score (nSPS) is 42.7. The summed E-state index contributed by atoms with van der Waals surface area (Å²) in [5.74, 6) is 1.19. The molecular formula is C7H11NO2. The van der Waals surface area contributed by atoms with Gasteiger partial charge in [-0.2, -0.15) is 0 Å². The zero-order valence-corrected chi connectivity index (χ0v) is 5.71. The molecule has 2 fully saturated rings. The number of hydrogen-bond donors (Lipinski definition) is 2. The van der Waals surface area contributed by atoms with Crippen molar-refractivity contribution in [3.63, 3.8) is 0 Å². The number of amides is 1. The molecule has 0 saturated heterocycles. The first kappa shape index (κ1) is 6.16. The summed E-state index contributed by atoms with van der Waals surface area (Å²) in [6.45, 7) is 0. The Bertz CT molecular complexity index is 159. The van der Waals surface area contributed by atoms with Crippen LogP contribution in [0.1, 0.15) is 19.3 Å². The molecule has 10 heavy (non-hydrogen) atoms. The lowest BCUT2D eigenvalue weighted by Crippen LogP contribution is -2.22. The first-order valence-corrected chi connectivity index (χ1v) is 3.78. The van der Waals surface area contributed by atoms with Crippen LogP contribution in [-0.2, 0) is 4.79 Å². The summed E-state index contributed by atoms with van der Waals surface area (Å²) in [6.07, 6.45) is 3.63. The zero-order valence-electron chi connectivity index (χ0n) is 5.71. The molecule has 0 aromatic heterocycles. The van der Waals surface area contributed by atoms with Gasteiger partial charge >= 0.3 is 0 Å². The average Bonchev–Trinajstić information content (AvgIpc) is 2.43. The van der Waals surface area contributed by atoms with Gasteiger partial charge in [0, 0.05) is 5.92 Å². The number of carbonyl (C=O) groups excluding carboxylic acids is 1. The first-order valence-electron chi connectivity index (χ1n) is 3.78. The minimum Gasteiger partial charge on any atom is -0.289 e. The fourth-order valence-corrected chi connectivity index (χ4v) is 2.28. The molecule has 0 aromatic rings. The van der Waals surface area contributed by atoms with E-state index in [0.717, 1.165) is 0 Å². The molecular weight excluding hydrogens is 130 g/mol. The van der Waals surface area contributed by atoms with E-state index in [1.165, 1.54) is 19.3 Å². The molecule has 0 bridgehead atoms. The van der Waals surface area contributed by atoms with Crippen molar-refractivity contribution in [3.05, 3.63) is 0 Å². The Morgan fingerprint density at radius 3 is 2.50 bits per heavy atom. The van der Waals surface area contributed by atoms with Crippen LogP contribution in [0.15, 0.2) is 0 Å². The molecule has 0 radical (unpaired) electrons. The Labute approximate surface area is 59.4 Å². The van der Waals surface area contributed by atoms with Crippen molar-refractivity contribution in [2.24, 2.45) is 17.8 Å². The van der Waals surface area contributed by atoms with Gasteiger partial charge in [-0.15, -0.1) is 0 Å². The van der Waals surface area contributed by atoms with Crippen molar-refractivity contribution in [1.29, 1.82) is 0 Å². The summed E-state index contributed by atoms with van der Waals surface area (Å²) < 4.78 is 0. The van der Waals surface area contributed by atoms with Crippen LogP contribution in [0.25, 0.3) is 0 Å². The highest BCUT2D eigenvalue weighted by Gasteiger charge is 2.56. The maximum atomic E-state index is 10.8. The Balaban J connectivity index is 1.94. The standard InChI is InChI=1S/C7H11NO2/c9-7(8-10)6-4-2-1-3-5(4)6/h4-6,10H,1-3H2,(H,8,9). The van der Waals surface area contributed by atoms with Crippen molar-refractivity contribution in [3.8, 4) is 0 Å². The first-order chi connectivity index (χ1) is 4.84. The number of fused-ring (bicyclic) bond motifs is 1. The molecule has 2 rings (SSSR count). The van der Waals surface area contributed by atoms with Gasteiger partial charge in [-0.05, 0) is 24.7 Å². The minimum atomic E-state index is -0.172. The third-order valence-electron chi connectivity index (χ3n) is 2.82. The lowest BCUT2D eigenvalue weighted by atomic mass is 10.1. The van der Waals surface area contributed by atoms with E-state index in [4.69, 9.17) is 5.21 Å². The van der Waals surface area contributed by atoms with Crippen LogP contribution >= 0.6 is 0 Å². The topological polar surface area (TPSA) is 49.3 Å². The minimum absolute atomic E-state index is 0.152. The van der Waals surface area contributed by atoms with Gasteiger partial charge in [-0.25, -0.2) is 5.48 Å². The summed E-state index contributed by atoms with van der Waals surface area (Å²) >= 11 is 0. The molecule has 3 heteroatoms. The van der Waals surface area contributed by atoms with Gasteiger partial charge in [0.25, 0.3) is 0 Å². The predicted molar refractivity (Wildman–Crippen MR) is 34.3 cm³/mol. The summed E-state index contributed by atoms with van der Waals surface area (Å²) in [4.78, 5) is 10.8. The maximum Gasteiger partial charge on any atom is 0.247 e. The Kier molecular flexibility index (Phi) is 1.20. The van der Waals surface area contributed by atoms with Crippen molar-refractivity contribution >= 4 is 5.91 Å². The lowest BCUT2D eigenvalue weighted by Gasteiger charge is -1.98. The van der Waals surface area contributed by atoms with Gasteiger partial charge in [-0.3, -0.25) is 10.0 Å². The Morgan fingerprint density at radius 1 is 1.40 bits per heavy atom. The fourth-order valence-electron chi connectivity index (χ4n) is 2.28. The smallest absolute Gasteiger partial charge is 0.247 e. The highest BCUT2D eigenvalue weighted by molar-refractivity contribution is 5.81. The highest BCUT2D eigenvalue weighted by atomic mass is 16.5. The third-order valence-corrected chi connectivity index (χ3v) is 2.82. The second-order valence-electron chi connectivity index (χ2n) is 3.26. The van der Waals surface area contributed by atoms with Crippen molar-refractivity contribution < 1.29 is 10.0 Å². The highest BCUT2D eigenvalue weighted by Crippen LogP contribution is 2.57. The van der Waals surface area contributed by atoms with Gasteiger partial charge in [0.2, 0.25) is 5.91 Å². The van der Waals surface area contributed by atoms with E-state index in [-0.39, 0.29) is 11.8 Å². The van der Waals surface area contributed by atoms with E-state index in [1.54, 1.807) is 5.48 Å². The van der Waals surface area contributed by atoms with E-state index in [2.05, 4.69) is 0 Å². The second-order valence-corrected chi connectivity index (χ2v) is 3.26. The fraction of sp³-hybridized carbons (Fsp3) is 0.857. The maximum absolute atomic E-state index is 10.8. The third kappa shape index (κ3) is 0.669. The molecule has 1 amide bonds. The molecule has 0 heterocycles. The molecule has 2 saturated carbocycles. The van der Waals surface area contributed by atoms with Gasteiger partial charge in [0.15, 0.2) is 0 Å². The van der Waals surface area contributed by atoms with Crippen LogP contribution in [0.5, 0.6) is 0 Å². The molecule has 0 aliphatic heterocycles. The quantitative estimate of drug-likeness (QED) is 0.413. The molecule has 3 nitrogen and oxygen atoms in total. The van der Waals surface area contributed by atoms with E-state index in [1.807, 2.05) is 0 Å². The Hall–Kier alpha value is -0.570. The molecule has 2 unspecified atom stereocenters. The number of carbonyl (C=O) groups is 1. The van der Waals surface area contributed by atoms with Crippen LogP contribution in [0.4, 0.5) is 0 Å². The van der Waals surface area contributed by atoms with E-state index in [9.17, 15) is 4.79 Å². The van der Waals surface area contributed by atoms with Crippen molar-refractivity contribution in [2.45, 2.75) is 19.3 Å². The van der Waals surface area contributed by atoms with Crippen LogP contribution in [0, 0.1) is 17.8 Å². The molecule has 0 aromatic carbocycles. The zero-order chi connectivity index (χ0) is 7.14. The summed E-state index contributed by atoms with van der Waals surface area (Å²) in [5.41, 5.74) is 1.72. The van der Waals surface area contributed by atoms with Crippen LogP contribution in [0.2, 0.25) is 0 Å². The number of hydrogen-bond acceptors (Lipinski definition) is 2. The number of nitrogens with one attached hydrogen (secondary N) is 1. The van der Waals surface area contributed by atoms with E-state index < -0.39 is 0 Å². The van der Waals surface area contributed by atoms with Gasteiger partial charge in [0.05, 0.1) is 0 Å². The van der Waals surface area contributed by atoms with Gasteiger partial charge in [0.1, 0.15) is 0 Å². The largest absolute Gasteiger partial charge is 0.289 e. The lowest BCUT2D eigenvalue weighted by molar-refractivity contribution is -0.131. The molecule has 0 spiro atoms. The Morgan fingerprint density at radius 2 is 2.00 bits per heavy atom. The molecule has 2 N–H and O–H groups in total. The molecule has 2 aliphatic rings. The SMILES string of the molecule is O=C(NO)C1C2CCCC21. The number of hydroxylamine groups is 1. The van der Waals surface area contributed by atoms with Crippen LogP contribution < -0.4 is 5.48 Å². The van der Waals surface area contributed by atoms with E-state index in [0.29, 0.717) is 11.8 Å². The van der Waals surface area contributed by atoms with E-state index >= 15 is 0 Å². The number of rotatable bonds is 1. The monoisotopic (exact) mass is 141 g/mol. The van der Waals surface area contributed by atoms with Crippen molar-refractivity contribution in [1.82, 2.24) is 5.48 Å². The summed E-state index contributed by atoms with van der Waals surface area (Å²) in [5, 5.41) is 8.30. The van der Waals surface area contributed by atoms with Crippen LogP contribution in [0.3, 0.4) is 0 Å². The van der Waals surface area contributed by atoms with Gasteiger partial charge < -0.3 is 0 Å². The summed E-state index contributed by atoms with van der Waals surface area (Å²) in [6, 6.07) is 0.